The van der Waals surface area contributed by atoms with Crippen LogP contribution in [0.15, 0.2) is 35.1 Å². The van der Waals surface area contributed by atoms with Crippen LogP contribution in [0.3, 0.4) is 0 Å². The summed E-state index contributed by atoms with van der Waals surface area (Å²) in [7, 11) is 0. The molecule has 0 unspecified atom stereocenters. The molecule has 0 saturated heterocycles. The molecule has 2 rings (SSSR count). The number of ether oxygens (including phenoxy) is 1. The number of nitrogens with one attached hydrogen (secondary N) is 1. The predicted octanol–water partition coefficient (Wildman–Crippen LogP) is 2.60. The van der Waals surface area contributed by atoms with Gasteiger partial charge in [-0.05, 0) is 62.2 Å². The quantitative estimate of drug-likeness (QED) is 0.899. The smallest absolute Gasteiger partial charge is 0.253 e. The highest BCUT2D eigenvalue weighted by Crippen LogP contribution is 2.21. The first-order valence-corrected chi connectivity index (χ1v) is 6.71. The Kier molecular flexibility index (Phi) is 4.25. The van der Waals surface area contributed by atoms with Crippen molar-refractivity contribution >= 4 is 0 Å². The van der Waals surface area contributed by atoms with E-state index in [0.717, 1.165) is 22.6 Å². The minimum Gasteiger partial charge on any atom is -0.491 e. The van der Waals surface area contributed by atoms with Crippen molar-refractivity contribution in [1.82, 2.24) is 4.98 Å². The molecular formula is C16H20N2O2. The monoisotopic (exact) mass is 272 g/mol. The highest BCUT2D eigenvalue weighted by molar-refractivity contribution is 5.61. The molecule has 0 aliphatic rings. The first kappa shape index (κ1) is 14.3. The van der Waals surface area contributed by atoms with Crippen LogP contribution in [0.2, 0.25) is 0 Å². The van der Waals surface area contributed by atoms with Crippen molar-refractivity contribution in [2.75, 3.05) is 0 Å². The van der Waals surface area contributed by atoms with Crippen molar-refractivity contribution in [3.63, 3.8) is 0 Å². The highest BCUT2D eigenvalue weighted by Gasteiger charge is 2.07. The topological polar surface area (TPSA) is 68.1 Å². The van der Waals surface area contributed by atoms with Gasteiger partial charge in [-0.3, -0.25) is 4.79 Å². The Morgan fingerprint density at radius 1 is 1.25 bits per heavy atom. The molecule has 0 aliphatic heterocycles. The van der Waals surface area contributed by atoms with E-state index in [1.807, 2.05) is 51.1 Å². The van der Waals surface area contributed by atoms with Crippen molar-refractivity contribution in [2.45, 2.75) is 33.4 Å². The zero-order valence-electron chi connectivity index (χ0n) is 12.1. The summed E-state index contributed by atoms with van der Waals surface area (Å²) in [5, 5.41) is 0. The minimum absolute atomic E-state index is 0.120. The van der Waals surface area contributed by atoms with Crippen LogP contribution in [0.25, 0.3) is 11.3 Å². The molecule has 1 aromatic carbocycles. The third-order valence-electron chi connectivity index (χ3n) is 3.10. The van der Waals surface area contributed by atoms with E-state index in [1.165, 1.54) is 0 Å². The second-order valence-electron chi connectivity index (χ2n) is 5.07. The fourth-order valence-corrected chi connectivity index (χ4v) is 2.11. The van der Waals surface area contributed by atoms with Gasteiger partial charge in [-0.1, -0.05) is 0 Å². The van der Waals surface area contributed by atoms with Gasteiger partial charge in [0.25, 0.3) is 5.56 Å². The summed E-state index contributed by atoms with van der Waals surface area (Å²) in [6.45, 7) is 6.13. The molecule has 20 heavy (non-hydrogen) atoms. The third-order valence-corrected chi connectivity index (χ3v) is 3.10. The number of aromatic nitrogens is 1. The molecule has 1 aromatic heterocycles. The van der Waals surface area contributed by atoms with Gasteiger partial charge in [-0.2, -0.15) is 0 Å². The Morgan fingerprint density at radius 3 is 2.40 bits per heavy atom. The van der Waals surface area contributed by atoms with E-state index in [1.54, 1.807) is 0 Å². The van der Waals surface area contributed by atoms with Gasteiger partial charge in [0.15, 0.2) is 0 Å². The second-order valence-corrected chi connectivity index (χ2v) is 5.07. The normalized spacial score (nSPS) is 10.8. The van der Waals surface area contributed by atoms with Crippen LogP contribution in [-0.4, -0.2) is 11.1 Å². The number of aryl methyl sites for hydroxylation is 1. The summed E-state index contributed by atoms with van der Waals surface area (Å²) in [6.07, 6.45) is 0.145. The molecule has 4 nitrogen and oxygen atoms in total. The van der Waals surface area contributed by atoms with E-state index in [-0.39, 0.29) is 18.2 Å². The third kappa shape index (κ3) is 3.08. The summed E-state index contributed by atoms with van der Waals surface area (Å²) in [5.41, 5.74) is 8.73. The lowest BCUT2D eigenvalue weighted by atomic mass is 10.1. The standard InChI is InChI=1S/C16H20N2O2/c1-10(2)20-13-6-4-12(5-7-13)15-8-11(3)14(9-17)16(19)18-15/h4-8,10H,9,17H2,1-3H3,(H,18,19). The van der Waals surface area contributed by atoms with Crippen molar-refractivity contribution < 1.29 is 4.74 Å². The van der Waals surface area contributed by atoms with E-state index in [2.05, 4.69) is 4.98 Å². The summed E-state index contributed by atoms with van der Waals surface area (Å²) >= 11 is 0. The average Bonchev–Trinajstić information content (AvgIpc) is 2.38. The molecule has 1 heterocycles. The Hall–Kier alpha value is -2.07. The Bertz CT molecular complexity index is 643. The molecular weight excluding hydrogens is 252 g/mol. The Balaban J connectivity index is 2.35. The van der Waals surface area contributed by atoms with Crippen molar-refractivity contribution in [2.24, 2.45) is 5.73 Å². The van der Waals surface area contributed by atoms with Gasteiger partial charge >= 0.3 is 0 Å². The van der Waals surface area contributed by atoms with Crippen LogP contribution >= 0.6 is 0 Å². The number of hydrogen-bond donors (Lipinski definition) is 2. The number of hydrogen-bond acceptors (Lipinski definition) is 3. The van der Waals surface area contributed by atoms with Crippen LogP contribution in [0, 0.1) is 6.92 Å². The van der Waals surface area contributed by atoms with Crippen LogP contribution < -0.4 is 16.0 Å². The van der Waals surface area contributed by atoms with E-state index in [0.29, 0.717) is 5.56 Å². The first-order chi connectivity index (χ1) is 9.51. The van der Waals surface area contributed by atoms with Gasteiger partial charge in [-0.15, -0.1) is 0 Å². The summed E-state index contributed by atoms with van der Waals surface area (Å²) in [5.74, 6) is 0.821. The van der Waals surface area contributed by atoms with Crippen LogP contribution in [-0.2, 0) is 6.54 Å². The van der Waals surface area contributed by atoms with Crippen LogP contribution in [0.1, 0.15) is 25.0 Å². The average molecular weight is 272 g/mol. The molecule has 0 bridgehead atoms. The Morgan fingerprint density at radius 2 is 1.90 bits per heavy atom. The molecule has 2 aromatic rings. The molecule has 0 atom stereocenters. The van der Waals surface area contributed by atoms with Crippen molar-refractivity contribution in [3.05, 3.63) is 51.8 Å². The molecule has 0 aliphatic carbocycles. The van der Waals surface area contributed by atoms with E-state index < -0.39 is 0 Å². The van der Waals surface area contributed by atoms with Gasteiger partial charge in [0, 0.05) is 17.8 Å². The lowest BCUT2D eigenvalue weighted by Crippen LogP contribution is -2.18. The zero-order valence-corrected chi connectivity index (χ0v) is 12.1. The fourth-order valence-electron chi connectivity index (χ4n) is 2.11. The van der Waals surface area contributed by atoms with Gasteiger partial charge in [0.1, 0.15) is 5.75 Å². The lowest BCUT2D eigenvalue weighted by Gasteiger charge is -2.11. The largest absolute Gasteiger partial charge is 0.491 e. The van der Waals surface area contributed by atoms with Gasteiger partial charge < -0.3 is 15.5 Å². The summed E-state index contributed by atoms with van der Waals surface area (Å²) < 4.78 is 5.60. The number of aromatic amines is 1. The fraction of sp³-hybridized carbons (Fsp3) is 0.312. The van der Waals surface area contributed by atoms with Gasteiger partial charge in [0.2, 0.25) is 0 Å². The van der Waals surface area contributed by atoms with Crippen molar-refractivity contribution in [1.29, 1.82) is 0 Å². The molecule has 0 amide bonds. The van der Waals surface area contributed by atoms with Crippen LogP contribution in [0.4, 0.5) is 0 Å². The number of benzene rings is 1. The number of H-pyrrole nitrogens is 1. The molecule has 0 saturated carbocycles. The van der Waals surface area contributed by atoms with E-state index >= 15 is 0 Å². The molecule has 0 spiro atoms. The second kappa shape index (κ2) is 5.92. The molecule has 4 heteroatoms. The van der Waals surface area contributed by atoms with E-state index in [9.17, 15) is 4.79 Å². The summed E-state index contributed by atoms with van der Waals surface area (Å²) in [6, 6.07) is 9.62. The first-order valence-electron chi connectivity index (χ1n) is 6.71. The molecule has 0 radical (unpaired) electrons. The minimum atomic E-state index is -0.120. The zero-order chi connectivity index (χ0) is 14.7. The molecule has 106 valence electrons. The Labute approximate surface area is 118 Å². The number of rotatable bonds is 4. The number of pyridine rings is 1. The van der Waals surface area contributed by atoms with Gasteiger partial charge in [0.05, 0.1) is 6.10 Å². The predicted molar refractivity (Wildman–Crippen MR) is 80.9 cm³/mol. The lowest BCUT2D eigenvalue weighted by molar-refractivity contribution is 0.242. The molecule has 3 N–H and O–H groups in total. The van der Waals surface area contributed by atoms with Crippen LogP contribution in [0.5, 0.6) is 5.75 Å². The SMILES string of the molecule is Cc1cc(-c2ccc(OC(C)C)cc2)[nH]c(=O)c1CN. The summed E-state index contributed by atoms with van der Waals surface area (Å²) in [4.78, 5) is 14.8. The maximum Gasteiger partial charge on any atom is 0.253 e. The maximum absolute atomic E-state index is 11.9. The highest BCUT2D eigenvalue weighted by atomic mass is 16.5. The van der Waals surface area contributed by atoms with Crippen molar-refractivity contribution in [3.8, 4) is 17.0 Å². The van der Waals surface area contributed by atoms with Gasteiger partial charge in [-0.25, -0.2) is 0 Å². The van der Waals surface area contributed by atoms with E-state index in [4.69, 9.17) is 10.5 Å². The molecule has 0 fully saturated rings. The number of nitrogens with two attached hydrogens (primary N) is 1. The maximum atomic E-state index is 11.9.